The van der Waals surface area contributed by atoms with Crippen LogP contribution < -0.4 is 10.9 Å². The molecule has 9 heteroatoms. The van der Waals surface area contributed by atoms with Crippen molar-refractivity contribution in [2.24, 2.45) is 0 Å². The molecule has 31 heavy (non-hydrogen) atoms. The number of amides is 1. The van der Waals surface area contributed by atoms with E-state index in [4.69, 9.17) is 4.74 Å². The van der Waals surface area contributed by atoms with Gasteiger partial charge in [0.25, 0.3) is 5.56 Å². The number of benzene rings is 1. The number of ether oxygens (including phenoxy) is 1. The number of aryl methyl sites for hydroxylation is 1. The highest BCUT2D eigenvalue weighted by Crippen LogP contribution is 2.39. The monoisotopic (exact) mass is 455 g/mol. The molecule has 0 spiro atoms. The molecule has 0 aliphatic heterocycles. The number of hydrogen-bond acceptors (Lipinski definition) is 7. The largest absolute Gasteiger partial charge is 0.465 e. The SMILES string of the molecule is C=CCn1c(SCC(=O)Nc2sc3c(c2C(=O)OC)CCC3)nc2ccccc2c1=O. The van der Waals surface area contributed by atoms with Gasteiger partial charge in [-0.25, -0.2) is 9.78 Å². The van der Waals surface area contributed by atoms with Crippen molar-refractivity contribution in [1.29, 1.82) is 0 Å². The van der Waals surface area contributed by atoms with Crippen LogP contribution in [0.3, 0.4) is 0 Å². The number of methoxy groups -OCH3 is 1. The number of para-hydroxylation sites is 1. The van der Waals surface area contributed by atoms with Crippen molar-refractivity contribution in [2.75, 3.05) is 18.2 Å². The number of fused-ring (bicyclic) bond motifs is 2. The normalized spacial score (nSPS) is 12.5. The number of nitrogens with zero attached hydrogens (tertiary/aromatic N) is 2. The number of allylic oxidation sites excluding steroid dienone is 1. The maximum absolute atomic E-state index is 12.8. The molecule has 0 saturated carbocycles. The molecule has 0 saturated heterocycles. The molecule has 3 aromatic rings. The molecular weight excluding hydrogens is 434 g/mol. The summed E-state index contributed by atoms with van der Waals surface area (Å²) < 4.78 is 6.43. The molecule has 2 heterocycles. The number of thioether (sulfide) groups is 1. The van der Waals surface area contributed by atoms with Crippen LogP contribution in [0.25, 0.3) is 10.9 Å². The van der Waals surface area contributed by atoms with E-state index < -0.39 is 5.97 Å². The van der Waals surface area contributed by atoms with Crippen molar-refractivity contribution < 1.29 is 14.3 Å². The van der Waals surface area contributed by atoms with Gasteiger partial charge in [0.05, 0.1) is 29.3 Å². The Balaban J connectivity index is 1.56. The summed E-state index contributed by atoms with van der Waals surface area (Å²) in [6, 6.07) is 7.12. The first kappa shape index (κ1) is 21.3. The zero-order chi connectivity index (χ0) is 22.0. The summed E-state index contributed by atoms with van der Waals surface area (Å²) in [6.07, 6.45) is 4.35. The Labute approximate surface area is 187 Å². The van der Waals surface area contributed by atoms with Gasteiger partial charge in [-0.2, -0.15) is 0 Å². The molecule has 0 radical (unpaired) electrons. The second-order valence-corrected chi connectivity index (χ2v) is 9.05. The minimum absolute atomic E-state index is 0.0467. The van der Waals surface area contributed by atoms with Crippen molar-refractivity contribution in [3.63, 3.8) is 0 Å². The lowest BCUT2D eigenvalue weighted by Gasteiger charge is -2.11. The van der Waals surface area contributed by atoms with Crippen LogP contribution in [0.4, 0.5) is 5.00 Å². The third-order valence-corrected chi connectivity index (χ3v) is 7.22. The number of thiophene rings is 1. The van der Waals surface area contributed by atoms with Gasteiger partial charge in [-0.05, 0) is 37.0 Å². The smallest absolute Gasteiger partial charge is 0.341 e. The van der Waals surface area contributed by atoms with E-state index in [1.807, 2.05) is 6.07 Å². The number of nitrogens with one attached hydrogen (secondary N) is 1. The maximum atomic E-state index is 12.8. The average molecular weight is 456 g/mol. The number of carbonyl (C=O) groups is 2. The van der Waals surface area contributed by atoms with Crippen LogP contribution in [0.1, 0.15) is 27.2 Å². The van der Waals surface area contributed by atoms with Gasteiger partial charge in [-0.3, -0.25) is 14.2 Å². The highest BCUT2D eigenvalue weighted by molar-refractivity contribution is 7.99. The summed E-state index contributed by atoms with van der Waals surface area (Å²) >= 11 is 2.61. The van der Waals surface area contributed by atoms with Crippen molar-refractivity contribution in [3.05, 3.63) is 63.3 Å². The van der Waals surface area contributed by atoms with Gasteiger partial charge in [0, 0.05) is 11.4 Å². The van der Waals surface area contributed by atoms with E-state index in [-0.39, 0.29) is 17.2 Å². The lowest BCUT2D eigenvalue weighted by atomic mass is 10.1. The summed E-state index contributed by atoms with van der Waals surface area (Å²) in [7, 11) is 1.34. The summed E-state index contributed by atoms with van der Waals surface area (Å²) in [5.41, 5.74) is 1.86. The van der Waals surface area contributed by atoms with Gasteiger partial charge in [-0.15, -0.1) is 17.9 Å². The highest BCUT2D eigenvalue weighted by atomic mass is 32.2. The van der Waals surface area contributed by atoms with Gasteiger partial charge >= 0.3 is 5.97 Å². The number of carbonyl (C=O) groups excluding carboxylic acids is 2. The average Bonchev–Trinajstić information content (AvgIpc) is 3.35. The van der Waals surface area contributed by atoms with E-state index in [1.54, 1.807) is 24.3 Å². The number of anilines is 1. The van der Waals surface area contributed by atoms with Gasteiger partial charge in [-0.1, -0.05) is 30.0 Å². The predicted molar refractivity (Wildman–Crippen MR) is 123 cm³/mol. The van der Waals surface area contributed by atoms with E-state index in [2.05, 4.69) is 16.9 Å². The van der Waals surface area contributed by atoms with Crippen molar-refractivity contribution in [3.8, 4) is 0 Å². The molecule has 0 atom stereocenters. The zero-order valence-corrected chi connectivity index (χ0v) is 18.6. The molecule has 1 aliphatic carbocycles. The highest BCUT2D eigenvalue weighted by Gasteiger charge is 2.28. The lowest BCUT2D eigenvalue weighted by Crippen LogP contribution is -2.24. The second kappa shape index (κ2) is 9.07. The Hall–Kier alpha value is -2.91. The van der Waals surface area contributed by atoms with Crippen molar-refractivity contribution in [2.45, 2.75) is 31.0 Å². The molecule has 160 valence electrons. The molecular formula is C22H21N3O4S2. The first-order valence-corrected chi connectivity index (χ1v) is 11.6. The van der Waals surface area contributed by atoms with Crippen LogP contribution in [-0.2, 0) is 28.9 Å². The Bertz CT molecular complexity index is 1250. The third kappa shape index (κ3) is 4.15. The van der Waals surface area contributed by atoms with Crippen LogP contribution in [0, 0.1) is 0 Å². The number of rotatable bonds is 7. The third-order valence-electron chi connectivity index (χ3n) is 5.03. The number of hydrogen-bond donors (Lipinski definition) is 1. The quantitative estimate of drug-likeness (QED) is 0.253. The molecule has 2 aromatic heterocycles. The molecule has 7 nitrogen and oxygen atoms in total. The fraction of sp³-hybridized carbons (Fsp3) is 0.273. The summed E-state index contributed by atoms with van der Waals surface area (Å²) in [4.78, 5) is 43.4. The summed E-state index contributed by atoms with van der Waals surface area (Å²) in [5.74, 6) is -0.661. The summed E-state index contributed by atoms with van der Waals surface area (Å²) in [5, 5.41) is 4.34. The first-order chi connectivity index (χ1) is 15.0. The second-order valence-electron chi connectivity index (χ2n) is 7.01. The van der Waals surface area contributed by atoms with Gasteiger partial charge < -0.3 is 10.1 Å². The lowest BCUT2D eigenvalue weighted by molar-refractivity contribution is -0.113. The molecule has 0 fully saturated rings. The first-order valence-electron chi connectivity index (χ1n) is 9.79. The maximum Gasteiger partial charge on any atom is 0.341 e. The molecule has 1 N–H and O–H groups in total. The van der Waals surface area contributed by atoms with Crippen molar-refractivity contribution >= 4 is 50.9 Å². The van der Waals surface area contributed by atoms with E-state index in [0.717, 1.165) is 29.7 Å². The van der Waals surface area contributed by atoms with Gasteiger partial charge in [0.15, 0.2) is 5.16 Å². The molecule has 4 rings (SSSR count). The fourth-order valence-corrected chi connectivity index (χ4v) is 5.75. The molecule has 1 aliphatic rings. The van der Waals surface area contributed by atoms with Crippen LogP contribution in [0.15, 0.2) is 46.9 Å². The minimum Gasteiger partial charge on any atom is -0.465 e. The fourth-order valence-electron chi connectivity index (χ4n) is 3.65. The number of esters is 1. The predicted octanol–water partition coefficient (Wildman–Crippen LogP) is 3.65. The standard InChI is InChI=1S/C22H21N3O4S2/c1-3-11-25-20(27)13-7-4-5-9-15(13)23-22(25)30-12-17(26)24-19-18(21(28)29-2)14-8-6-10-16(14)31-19/h3-5,7,9H,1,6,8,10-12H2,2H3,(H,24,26). The molecule has 1 amide bonds. The zero-order valence-electron chi connectivity index (χ0n) is 17.0. The van der Waals surface area contributed by atoms with Gasteiger partial charge in [0.1, 0.15) is 5.00 Å². The van der Waals surface area contributed by atoms with E-state index in [0.29, 0.717) is 33.2 Å². The van der Waals surface area contributed by atoms with E-state index in [9.17, 15) is 14.4 Å². The Morgan fingerprint density at radius 1 is 1.35 bits per heavy atom. The topological polar surface area (TPSA) is 90.3 Å². The molecule has 0 bridgehead atoms. The summed E-state index contributed by atoms with van der Waals surface area (Å²) in [6.45, 7) is 4.01. The van der Waals surface area contributed by atoms with Crippen LogP contribution in [0.2, 0.25) is 0 Å². The Kier molecular flexibility index (Phi) is 6.24. The Morgan fingerprint density at radius 3 is 2.94 bits per heavy atom. The molecule has 1 aromatic carbocycles. The van der Waals surface area contributed by atoms with Crippen LogP contribution in [0.5, 0.6) is 0 Å². The van der Waals surface area contributed by atoms with Crippen LogP contribution in [-0.4, -0.2) is 34.3 Å². The van der Waals surface area contributed by atoms with Gasteiger partial charge in [0.2, 0.25) is 5.91 Å². The Morgan fingerprint density at radius 2 is 2.16 bits per heavy atom. The number of aromatic nitrogens is 2. The van der Waals surface area contributed by atoms with Crippen molar-refractivity contribution in [1.82, 2.24) is 9.55 Å². The van der Waals surface area contributed by atoms with E-state index >= 15 is 0 Å². The minimum atomic E-state index is -0.432. The van der Waals surface area contributed by atoms with Crippen LogP contribution >= 0.6 is 23.1 Å². The molecule has 0 unspecified atom stereocenters. The van der Waals surface area contributed by atoms with E-state index in [1.165, 1.54) is 34.8 Å².